The highest BCUT2D eigenvalue weighted by Crippen LogP contribution is 2.25. The molecule has 0 spiro atoms. The van der Waals surface area contributed by atoms with E-state index in [-0.39, 0.29) is 11.0 Å². The Hall–Kier alpha value is -2.31. The third-order valence-electron chi connectivity index (χ3n) is 4.36. The van der Waals surface area contributed by atoms with Crippen molar-refractivity contribution < 1.29 is 0 Å². The zero-order valence-electron chi connectivity index (χ0n) is 15.2. The van der Waals surface area contributed by atoms with Gasteiger partial charge in [0.2, 0.25) is 4.96 Å². The Morgan fingerprint density at radius 1 is 1.04 bits per heavy atom. The monoisotopic (exact) mass is 439 g/mol. The van der Waals surface area contributed by atoms with Crippen molar-refractivity contribution in [1.82, 2.24) is 14.6 Å². The van der Waals surface area contributed by atoms with Crippen LogP contribution in [0, 0.1) is 0 Å². The standard InChI is InChI=1S/C21H18BrN3OS/c1-21(2,3)15-8-6-14(7-9-15)18-23-20-25(24-18)19(26)17(27-20)12-13-4-10-16(22)11-5-13/h4-12H,1-3H3. The fraction of sp³-hybridized carbons (Fsp3) is 0.190. The summed E-state index contributed by atoms with van der Waals surface area (Å²) >= 11 is 4.77. The average molecular weight is 440 g/mol. The quantitative estimate of drug-likeness (QED) is 0.464. The molecule has 2 aromatic carbocycles. The van der Waals surface area contributed by atoms with Gasteiger partial charge in [0.05, 0.1) is 4.53 Å². The molecule has 136 valence electrons. The van der Waals surface area contributed by atoms with Crippen LogP contribution in [0.15, 0.2) is 57.8 Å². The number of hydrogen-bond donors (Lipinski definition) is 0. The van der Waals surface area contributed by atoms with Crippen LogP contribution in [0.4, 0.5) is 0 Å². The van der Waals surface area contributed by atoms with Crippen LogP contribution >= 0.6 is 27.3 Å². The summed E-state index contributed by atoms with van der Waals surface area (Å²) in [5.41, 5.74) is 3.10. The molecule has 0 aliphatic carbocycles. The lowest BCUT2D eigenvalue weighted by Gasteiger charge is -2.18. The fourth-order valence-electron chi connectivity index (χ4n) is 2.79. The number of nitrogens with zero attached hydrogens (tertiary/aromatic N) is 3. The number of thiazole rings is 1. The van der Waals surface area contributed by atoms with Gasteiger partial charge in [-0.3, -0.25) is 4.79 Å². The van der Waals surface area contributed by atoms with E-state index >= 15 is 0 Å². The number of hydrogen-bond acceptors (Lipinski definition) is 4. The fourth-order valence-corrected chi connectivity index (χ4v) is 3.96. The molecular formula is C21H18BrN3OS. The lowest BCUT2D eigenvalue weighted by atomic mass is 9.87. The second kappa shape index (κ2) is 6.69. The zero-order valence-corrected chi connectivity index (χ0v) is 17.6. The van der Waals surface area contributed by atoms with Gasteiger partial charge in [0.25, 0.3) is 5.56 Å². The summed E-state index contributed by atoms with van der Waals surface area (Å²) in [6.45, 7) is 6.54. The summed E-state index contributed by atoms with van der Waals surface area (Å²) in [4.78, 5) is 17.8. The smallest absolute Gasteiger partial charge is 0.266 e. The lowest BCUT2D eigenvalue weighted by Crippen LogP contribution is -2.23. The van der Waals surface area contributed by atoms with Crippen LogP contribution in [0.5, 0.6) is 0 Å². The number of fused-ring (bicyclic) bond motifs is 1. The van der Waals surface area contributed by atoms with Gasteiger partial charge in [-0.1, -0.05) is 84.4 Å². The van der Waals surface area contributed by atoms with Crippen molar-refractivity contribution in [3.63, 3.8) is 0 Å². The molecule has 0 N–H and O–H groups in total. The minimum Gasteiger partial charge on any atom is -0.266 e. The third kappa shape index (κ3) is 3.59. The molecule has 27 heavy (non-hydrogen) atoms. The largest absolute Gasteiger partial charge is 0.291 e. The Bertz CT molecular complexity index is 1220. The van der Waals surface area contributed by atoms with E-state index < -0.39 is 0 Å². The number of rotatable bonds is 2. The number of aromatic nitrogens is 3. The van der Waals surface area contributed by atoms with E-state index in [1.807, 2.05) is 42.5 Å². The molecule has 0 saturated carbocycles. The second-order valence-corrected chi connectivity index (χ2v) is 9.35. The molecule has 4 rings (SSSR count). The highest BCUT2D eigenvalue weighted by atomic mass is 79.9. The summed E-state index contributed by atoms with van der Waals surface area (Å²) in [6.07, 6.45) is 1.87. The summed E-state index contributed by atoms with van der Waals surface area (Å²) in [6, 6.07) is 16.0. The number of benzene rings is 2. The van der Waals surface area contributed by atoms with Crippen molar-refractivity contribution in [3.8, 4) is 11.4 Å². The summed E-state index contributed by atoms with van der Waals surface area (Å²) in [7, 11) is 0. The first-order valence-corrected chi connectivity index (χ1v) is 10.2. The molecule has 4 nitrogen and oxygen atoms in total. The minimum absolute atomic E-state index is 0.0977. The van der Waals surface area contributed by atoms with Crippen molar-refractivity contribution in [1.29, 1.82) is 0 Å². The van der Waals surface area contributed by atoms with Crippen LogP contribution in [0.3, 0.4) is 0 Å². The zero-order chi connectivity index (χ0) is 19.2. The van der Waals surface area contributed by atoms with Crippen LogP contribution in [0.25, 0.3) is 22.4 Å². The minimum atomic E-state index is -0.136. The van der Waals surface area contributed by atoms with E-state index in [0.29, 0.717) is 15.3 Å². The molecule has 0 unspecified atom stereocenters. The van der Waals surface area contributed by atoms with E-state index in [4.69, 9.17) is 0 Å². The van der Waals surface area contributed by atoms with Gasteiger partial charge in [-0.25, -0.2) is 0 Å². The van der Waals surface area contributed by atoms with Gasteiger partial charge < -0.3 is 0 Å². The second-order valence-electron chi connectivity index (χ2n) is 7.42. The Labute approximate surface area is 169 Å². The Morgan fingerprint density at radius 2 is 1.70 bits per heavy atom. The van der Waals surface area contributed by atoms with Crippen molar-refractivity contribution in [3.05, 3.63) is 79.0 Å². The molecule has 2 aromatic heterocycles. The normalized spacial score (nSPS) is 12.8. The van der Waals surface area contributed by atoms with Crippen molar-refractivity contribution in [2.75, 3.05) is 0 Å². The highest BCUT2D eigenvalue weighted by molar-refractivity contribution is 9.10. The molecule has 4 aromatic rings. The van der Waals surface area contributed by atoms with Crippen LogP contribution < -0.4 is 10.1 Å². The molecule has 0 bridgehead atoms. The van der Waals surface area contributed by atoms with Crippen LogP contribution in [-0.4, -0.2) is 14.6 Å². The summed E-state index contributed by atoms with van der Waals surface area (Å²) in [5.74, 6) is 0.578. The van der Waals surface area contributed by atoms with Crippen molar-refractivity contribution in [2.24, 2.45) is 0 Å². The van der Waals surface area contributed by atoms with Crippen LogP contribution in [-0.2, 0) is 5.41 Å². The molecule has 0 atom stereocenters. The van der Waals surface area contributed by atoms with E-state index in [9.17, 15) is 4.79 Å². The first-order chi connectivity index (χ1) is 12.8. The van der Waals surface area contributed by atoms with Gasteiger partial charge in [0, 0.05) is 10.0 Å². The highest BCUT2D eigenvalue weighted by Gasteiger charge is 2.15. The van der Waals surface area contributed by atoms with Gasteiger partial charge in [-0.05, 0) is 34.8 Å². The average Bonchev–Trinajstić information content (AvgIpc) is 3.16. The van der Waals surface area contributed by atoms with Gasteiger partial charge in [-0.15, -0.1) is 5.10 Å². The predicted molar refractivity (Wildman–Crippen MR) is 114 cm³/mol. The Kier molecular flexibility index (Phi) is 4.48. The van der Waals surface area contributed by atoms with Crippen LogP contribution in [0.1, 0.15) is 31.9 Å². The molecule has 0 amide bonds. The molecule has 2 heterocycles. The molecule has 0 saturated heterocycles. The van der Waals surface area contributed by atoms with Gasteiger partial charge >= 0.3 is 0 Å². The first kappa shape index (κ1) is 18.1. The van der Waals surface area contributed by atoms with Crippen LogP contribution in [0.2, 0.25) is 0 Å². The molecule has 0 aliphatic heterocycles. The van der Waals surface area contributed by atoms with E-state index in [1.54, 1.807) is 0 Å². The molecular weight excluding hydrogens is 422 g/mol. The molecule has 0 radical (unpaired) electrons. The lowest BCUT2D eigenvalue weighted by molar-refractivity contribution is 0.590. The third-order valence-corrected chi connectivity index (χ3v) is 5.85. The van der Waals surface area contributed by atoms with Crippen molar-refractivity contribution >= 4 is 38.3 Å². The van der Waals surface area contributed by atoms with Gasteiger partial charge in [-0.2, -0.15) is 9.50 Å². The topological polar surface area (TPSA) is 47.3 Å². The molecule has 6 heteroatoms. The molecule has 0 fully saturated rings. The maximum atomic E-state index is 12.7. The summed E-state index contributed by atoms with van der Waals surface area (Å²) in [5, 5.41) is 4.43. The van der Waals surface area contributed by atoms with Crippen molar-refractivity contribution in [2.45, 2.75) is 26.2 Å². The first-order valence-electron chi connectivity index (χ1n) is 8.59. The summed E-state index contributed by atoms with van der Waals surface area (Å²) < 4.78 is 3.02. The van der Waals surface area contributed by atoms with E-state index in [1.165, 1.54) is 21.4 Å². The maximum absolute atomic E-state index is 12.7. The SMILES string of the molecule is CC(C)(C)c1ccc(-c2nc3sc(=Cc4ccc(Br)cc4)c(=O)n3n2)cc1. The predicted octanol–water partition coefficient (Wildman–Crippen LogP) is 4.43. The Balaban J connectivity index is 1.72. The Morgan fingerprint density at radius 3 is 2.30 bits per heavy atom. The maximum Gasteiger partial charge on any atom is 0.291 e. The molecule has 0 aliphatic rings. The van der Waals surface area contributed by atoms with Gasteiger partial charge in [0.1, 0.15) is 0 Å². The van der Waals surface area contributed by atoms with E-state index in [2.05, 4.69) is 58.9 Å². The van der Waals surface area contributed by atoms with Gasteiger partial charge in [0.15, 0.2) is 5.82 Å². The van der Waals surface area contributed by atoms with E-state index in [0.717, 1.165) is 15.6 Å². The number of halogens is 1.